The number of benzene rings is 1. The maximum atomic E-state index is 12.9. The highest BCUT2D eigenvalue weighted by Gasteiger charge is 2.31. The zero-order valence-corrected chi connectivity index (χ0v) is 17.0. The summed E-state index contributed by atoms with van der Waals surface area (Å²) in [6.45, 7) is 1.94. The van der Waals surface area contributed by atoms with Crippen LogP contribution in [0, 0.1) is 16.0 Å². The summed E-state index contributed by atoms with van der Waals surface area (Å²) < 4.78 is 27.1. The molecule has 2 unspecified atom stereocenters. The summed E-state index contributed by atoms with van der Waals surface area (Å²) in [4.78, 5) is 22.4. The number of nitro groups is 1. The van der Waals surface area contributed by atoms with Crippen molar-refractivity contribution in [2.45, 2.75) is 36.6 Å². The topological polar surface area (TPSA) is 122 Å². The Balaban J connectivity index is 0.00000280. The Kier molecular flexibility index (Phi) is 7.76. The molecule has 11 heteroatoms. The van der Waals surface area contributed by atoms with Crippen LogP contribution in [0.2, 0.25) is 0 Å². The van der Waals surface area contributed by atoms with E-state index in [2.05, 4.69) is 10.6 Å². The van der Waals surface area contributed by atoms with E-state index in [4.69, 9.17) is 0 Å². The van der Waals surface area contributed by atoms with Crippen LogP contribution in [0.25, 0.3) is 0 Å². The molecule has 1 amide bonds. The number of piperidine rings is 1. The number of nitro benzene ring substituents is 1. The van der Waals surface area contributed by atoms with Gasteiger partial charge in [-0.15, -0.1) is 12.4 Å². The van der Waals surface area contributed by atoms with E-state index in [1.807, 2.05) is 0 Å². The van der Waals surface area contributed by atoms with E-state index >= 15 is 0 Å². The Morgan fingerprint density at radius 1 is 1.32 bits per heavy atom. The van der Waals surface area contributed by atoms with E-state index in [0.29, 0.717) is 26.1 Å². The van der Waals surface area contributed by atoms with Crippen molar-refractivity contribution in [3.05, 3.63) is 34.4 Å². The normalized spacial score (nSPS) is 23.0. The van der Waals surface area contributed by atoms with Gasteiger partial charge in [-0.1, -0.05) is 6.07 Å². The molecular formula is C17H25ClN4O5S. The molecule has 2 atom stereocenters. The maximum Gasteiger partial charge on any atom is 0.270 e. The van der Waals surface area contributed by atoms with Gasteiger partial charge in [0.15, 0.2) is 0 Å². The van der Waals surface area contributed by atoms with Crippen LogP contribution in [0.5, 0.6) is 0 Å². The average molecular weight is 433 g/mol. The zero-order valence-electron chi connectivity index (χ0n) is 15.4. The lowest BCUT2D eigenvalue weighted by Gasteiger charge is -2.32. The van der Waals surface area contributed by atoms with Gasteiger partial charge in [-0.3, -0.25) is 14.9 Å². The van der Waals surface area contributed by atoms with E-state index in [9.17, 15) is 23.3 Å². The van der Waals surface area contributed by atoms with Gasteiger partial charge < -0.3 is 10.6 Å². The molecule has 3 rings (SSSR count). The third kappa shape index (κ3) is 5.19. The van der Waals surface area contributed by atoms with Gasteiger partial charge in [0.05, 0.1) is 15.9 Å². The molecule has 2 fully saturated rings. The highest BCUT2D eigenvalue weighted by Crippen LogP contribution is 2.25. The van der Waals surface area contributed by atoms with E-state index < -0.39 is 14.9 Å². The summed E-state index contributed by atoms with van der Waals surface area (Å²) in [5.41, 5.74) is -0.249. The van der Waals surface area contributed by atoms with Crippen LogP contribution in [-0.4, -0.2) is 55.8 Å². The number of hydrogen-bond donors (Lipinski definition) is 2. The number of nitrogens with zero attached hydrogens (tertiary/aromatic N) is 2. The van der Waals surface area contributed by atoms with Gasteiger partial charge in [0.25, 0.3) is 5.69 Å². The fourth-order valence-corrected chi connectivity index (χ4v) is 5.19. The number of sulfonamides is 1. The highest BCUT2D eigenvalue weighted by atomic mass is 35.5. The second-order valence-electron chi connectivity index (χ2n) is 7.02. The molecule has 0 aromatic heterocycles. The minimum Gasteiger partial charge on any atom is -0.354 e. The molecule has 1 aromatic carbocycles. The van der Waals surface area contributed by atoms with Crippen LogP contribution in [0.3, 0.4) is 0 Å². The number of amides is 1. The lowest BCUT2D eigenvalue weighted by atomic mass is 9.99. The Bertz CT molecular complexity index is 814. The van der Waals surface area contributed by atoms with Gasteiger partial charge in [-0.25, -0.2) is 8.42 Å². The van der Waals surface area contributed by atoms with Crippen LogP contribution < -0.4 is 10.6 Å². The predicted molar refractivity (Wildman–Crippen MR) is 106 cm³/mol. The molecule has 2 aliphatic rings. The molecule has 0 bridgehead atoms. The number of carbonyl (C=O) groups is 1. The van der Waals surface area contributed by atoms with Crippen molar-refractivity contribution in [3.63, 3.8) is 0 Å². The van der Waals surface area contributed by atoms with Crippen LogP contribution in [0.15, 0.2) is 29.2 Å². The number of carbonyl (C=O) groups excluding carboxylic acids is 1. The van der Waals surface area contributed by atoms with Crippen molar-refractivity contribution in [1.29, 1.82) is 0 Å². The van der Waals surface area contributed by atoms with Crippen LogP contribution in [0.1, 0.15) is 25.7 Å². The van der Waals surface area contributed by atoms with Crippen molar-refractivity contribution in [2.75, 3.05) is 26.2 Å². The number of hydrogen-bond acceptors (Lipinski definition) is 6. The second kappa shape index (κ2) is 9.64. The van der Waals surface area contributed by atoms with Gasteiger partial charge in [0.1, 0.15) is 0 Å². The molecule has 0 saturated carbocycles. The first-order valence-corrected chi connectivity index (χ1v) is 10.6. The number of rotatable bonds is 6. The summed E-state index contributed by atoms with van der Waals surface area (Å²) in [5.74, 6) is -0.0104. The van der Waals surface area contributed by atoms with Crippen LogP contribution in [0.4, 0.5) is 5.69 Å². The largest absolute Gasteiger partial charge is 0.354 e. The van der Waals surface area contributed by atoms with Gasteiger partial charge in [-0.05, 0) is 44.2 Å². The molecule has 0 radical (unpaired) electrons. The molecule has 1 aromatic rings. The predicted octanol–water partition coefficient (Wildman–Crippen LogP) is 1.29. The fraction of sp³-hybridized carbons (Fsp3) is 0.588. The molecule has 0 aliphatic carbocycles. The van der Waals surface area contributed by atoms with Crippen molar-refractivity contribution in [1.82, 2.24) is 14.9 Å². The Labute approximate surface area is 170 Å². The standard InChI is InChI=1S/C17H24N4O5S.ClH/c22-17(16-7-2-8-18-16)19-11-13-4-3-9-20(12-13)27(25,26)15-6-1-5-14(10-15)21(23)24;/h1,5-6,10,13,16,18H,2-4,7-9,11-12H2,(H,19,22);1H. The fourth-order valence-electron chi connectivity index (χ4n) is 3.59. The number of nitrogens with one attached hydrogen (secondary N) is 2. The van der Waals surface area contributed by atoms with Crippen LogP contribution in [-0.2, 0) is 14.8 Å². The van der Waals surface area contributed by atoms with Gasteiger partial charge >= 0.3 is 0 Å². The lowest BCUT2D eigenvalue weighted by Crippen LogP contribution is -2.46. The Morgan fingerprint density at radius 2 is 2.11 bits per heavy atom. The minimum atomic E-state index is -3.80. The van der Waals surface area contributed by atoms with E-state index in [0.717, 1.165) is 31.9 Å². The van der Waals surface area contributed by atoms with Crippen molar-refractivity contribution >= 4 is 34.0 Å². The first kappa shape index (κ1) is 22.5. The molecule has 2 N–H and O–H groups in total. The molecule has 2 heterocycles. The average Bonchev–Trinajstić information content (AvgIpc) is 3.21. The van der Waals surface area contributed by atoms with Gasteiger partial charge in [0, 0.05) is 31.8 Å². The second-order valence-corrected chi connectivity index (χ2v) is 8.96. The molecule has 2 aliphatic heterocycles. The van der Waals surface area contributed by atoms with E-state index in [1.54, 1.807) is 0 Å². The first-order valence-electron chi connectivity index (χ1n) is 9.13. The lowest BCUT2D eigenvalue weighted by molar-refractivity contribution is -0.385. The van der Waals surface area contributed by atoms with Gasteiger partial charge in [-0.2, -0.15) is 4.31 Å². The summed E-state index contributed by atoms with van der Waals surface area (Å²) in [6.07, 6.45) is 3.33. The summed E-state index contributed by atoms with van der Waals surface area (Å²) in [6, 6.07) is 4.95. The molecule has 2 saturated heterocycles. The third-order valence-corrected chi connectivity index (χ3v) is 6.95. The molecular weight excluding hydrogens is 408 g/mol. The van der Waals surface area contributed by atoms with Crippen molar-refractivity contribution in [3.8, 4) is 0 Å². The third-order valence-electron chi connectivity index (χ3n) is 5.09. The summed E-state index contributed by atoms with van der Waals surface area (Å²) in [5, 5.41) is 17.0. The van der Waals surface area contributed by atoms with Gasteiger partial charge in [0.2, 0.25) is 15.9 Å². The Morgan fingerprint density at radius 3 is 2.79 bits per heavy atom. The molecule has 0 spiro atoms. The molecule has 156 valence electrons. The van der Waals surface area contributed by atoms with Crippen molar-refractivity contribution in [2.24, 2.45) is 5.92 Å². The van der Waals surface area contributed by atoms with E-state index in [1.165, 1.54) is 22.5 Å². The quantitative estimate of drug-likeness (QED) is 0.516. The van der Waals surface area contributed by atoms with Crippen LogP contribution >= 0.6 is 12.4 Å². The first-order chi connectivity index (χ1) is 12.9. The Hall–Kier alpha value is -1.75. The zero-order chi connectivity index (χ0) is 19.4. The smallest absolute Gasteiger partial charge is 0.270 e. The molecule has 9 nitrogen and oxygen atoms in total. The maximum absolute atomic E-state index is 12.9. The molecule has 28 heavy (non-hydrogen) atoms. The summed E-state index contributed by atoms with van der Waals surface area (Å²) in [7, 11) is -3.80. The van der Waals surface area contributed by atoms with Crippen molar-refractivity contribution < 1.29 is 18.1 Å². The summed E-state index contributed by atoms with van der Waals surface area (Å²) >= 11 is 0. The highest BCUT2D eigenvalue weighted by molar-refractivity contribution is 7.89. The van der Waals surface area contributed by atoms with E-state index in [-0.39, 0.29) is 40.9 Å². The SMILES string of the molecule is Cl.O=C(NCC1CCCN(S(=O)(=O)c2cccc([N+](=O)[O-])c2)C1)C1CCCN1. The monoisotopic (exact) mass is 432 g/mol. The number of halogens is 1. The minimum absolute atomic E-state index is 0. The number of non-ortho nitro benzene ring substituents is 1.